The van der Waals surface area contributed by atoms with Gasteiger partial charge in [-0.05, 0) is 100 Å². The lowest BCUT2D eigenvalue weighted by atomic mass is 9.77. The van der Waals surface area contributed by atoms with Crippen molar-refractivity contribution in [1.82, 2.24) is 9.80 Å². The summed E-state index contributed by atoms with van der Waals surface area (Å²) in [5.74, 6) is -2.40. The van der Waals surface area contributed by atoms with E-state index in [0.717, 1.165) is 5.57 Å². The van der Waals surface area contributed by atoms with Crippen molar-refractivity contribution in [2.75, 3.05) is 34.8 Å². The van der Waals surface area contributed by atoms with Gasteiger partial charge in [-0.1, -0.05) is 26.8 Å². The van der Waals surface area contributed by atoms with Crippen molar-refractivity contribution in [2.45, 2.75) is 180 Å². The first-order valence-corrected chi connectivity index (χ1v) is 19.5. The van der Waals surface area contributed by atoms with E-state index in [0.29, 0.717) is 25.8 Å². The molecule has 3 aliphatic heterocycles. The molecule has 2 N–H and O–H groups in total. The third-order valence-corrected chi connectivity index (χ3v) is 11.8. The first-order chi connectivity index (χ1) is 24.5. The summed E-state index contributed by atoms with van der Waals surface area (Å²) in [7, 11) is 7.42. The third-order valence-electron chi connectivity index (χ3n) is 11.8. The summed E-state index contributed by atoms with van der Waals surface area (Å²) in [5.41, 5.74) is -1.48. The standard InChI is InChI=1S/C40H72N2O11/c1-16-31-23(3)17-24(4)42(14)21-22(2)19-39(10,46)35(53-38-33(44)30(41(12)13)18-25(5)48-38)26(6)34(27(7)37(45)51-31)52-32-20-40(11,47-15)36(28(8)49-32)50-29(9)43/h17,22,24-28,30-36,38,44,46H,16,18-21H2,1-15H3/b23-17+/t22-,24-,25-,26+,27-,28+,30+,31-,32+,33-,34+,35-,36+,38+,39-,40-/m1/s1. The fourth-order valence-electron chi connectivity index (χ4n) is 8.70. The lowest BCUT2D eigenvalue weighted by Crippen LogP contribution is -2.61. The van der Waals surface area contributed by atoms with Crippen molar-refractivity contribution in [3.8, 4) is 0 Å². The summed E-state index contributed by atoms with van der Waals surface area (Å²) in [5, 5.41) is 24.1. The van der Waals surface area contributed by atoms with Crippen molar-refractivity contribution in [1.29, 1.82) is 0 Å². The SMILES string of the molecule is CC[C@H]1OC(=O)[C@H](C)[C@@H](O[C@H]2C[C@@](C)(OC)[C@@H](OC(C)=O)[C@H](C)O2)[C@H](C)[C@@H](O[C@@H]2O[C@H](C)C[C@H](N(C)C)[C@H]2O)[C@](C)(O)C[C@@H](C)CN(C)[C@H](C)/C=C/1C. The molecular formula is C40H72N2O11. The molecule has 0 radical (unpaired) electrons. The van der Waals surface area contributed by atoms with E-state index in [1.165, 1.54) is 6.92 Å². The molecule has 3 rings (SSSR count). The molecule has 2 fully saturated rings. The highest BCUT2D eigenvalue weighted by Crippen LogP contribution is 2.40. The number of methoxy groups -OCH3 is 1. The Kier molecular flexibility index (Phi) is 16.4. The van der Waals surface area contributed by atoms with Crippen LogP contribution in [0, 0.1) is 17.8 Å². The van der Waals surface area contributed by atoms with Crippen molar-refractivity contribution in [3.63, 3.8) is 0 Å². The van der Waals surface area contributed by atoms with E-state index in [1.54, 1.807) is 27.9 Å². The van der Waals surface area contributed by atoms with Crippen LogP contribution in [0.3, 0.4) is 0 Å². The van der Waals surface area contributed by atoms with Crippen molar-refractivity contribution in [2.24, 2.45) is 17.8 Å². The van der Waals surface area contributed by atoms with Crippen molar-refractivity contribution in [3.05, 3.63) is 11.6 Å². The van der Waals surface area contributed by atoms with Gasteiger partial charge in [0, 0.05) is 45.0 Å². The van der Waals surface area contributed by atoms with Crippen LogP contribution in [0.4, 0.5) is 0 Å². The Hall–Kier alpha value is -1.68. The van der Waals surface area contributed by atoms with Gasteiger partial charge in [0.2, 0.25) is 0 Å². The van der Waals surface area contributed by atoms with E-state index in [2.05, 4.69) is 24.8 Å². The minimum atomic E-state index is -1.47. The Morgan fingerprint density at radius 2 is 1.70 bits per heavy atom. The summed E-state index contributed by atoms with van der Waals surface area (Å²) in [6.07, 6.45) is -2.94. The maximum atomic E-state index is 14.2. The Labute approximate surface area is 318 Å². The lowest BCUT2D eigenvalue weighted by molar-refractivity contribution is -0.318. The number of nitrogens with zero attached hydrogens (tertiary/aromatic N) is 2. The zero-order valence-electron chi connectivity index (χ0n) is 35.2. The van der Waals surface area contributed by atoms with E-state index >= 15 is 0 Å². The Morgan fingerprint density at radius 1 is 1.06 bits per heavy atom. The van der Waals surface area contributed by atoms with Gasteiger partial charge in [0.15, 0.2) is 18.7 Å². The highest BCUT2D eigenvalue weighted by molar-refractivity contribution is 5.73. The number of aliphatic hydroxyl groups excluding tert-OH is 1. The maximum absolute atomic E-state index is 14.2. The molecule has 2 saturated heterocycles. The molecule has 0 saturated carbocycles. The topological polar surface area (TPSA) is 146 Å². The summed E-state index contributed by atoms with van der Waals surface area (Å²) in [6, 6.07) is -0.191. The summed E-state index contributed by atoms with van der Waals surface area (Å²) >= 11 is 0. The van der Waals surface area contributed by atoms with Gasteiger partial charge in [-0.3, -0.25) is 14.5 Å². The van der Waals surface area contributed by atoms with Gasteiger partial charge in [0.05, 0.1) is 35.9 Å². The molecule has 13 nitrogen and oxygen atoms in total. The molecule has 0 spiro atoms. The number of cyclic esters (lactones) is 1. The zero-order valence-corrected chi connectivity index (χ0v) is 35.2. The van der Waals surface area contributed by atoms with Crippen molar-refractivity contribution < 1.29 is 53.0 Å². The quantitative estimate of drug-likeness (QED) is 0.268. The highest BCUT2D eigenvalue weighted by atomic mass is 16.7. The molecule has 308 valence electrons. The summed E-state index contributed by atoms with van der Waals surface area (Å²) in [6.45, 7) is 21.2. The van der Waals surface area contributed by atoms with Crippen LogP contribution in [-0.2, 0) is 42.7 Å². The Balaban J connectivity index is 2.15. The number of likely N-dealkylation sites (N-methyl/N-ethyl adjacent to an activating group) is 2. The van der Waals surface area contributed by atoms with E-state index < -0.39 is 84.2 Å². The monoisotopic (exact) mass is 757 g/mol. The van der Waals surface area contributed by atoms with Crippen LogP contribution in [0.1, 0.15) is 102 Å². The van der Waals surface area contributed by atoms with Gasteiger partial charge < -0.3 is 48.3 Å². The van der Waals surface area contributed by atoms with Gasteiger partial charge in [-0.25, -0.2) is 0 Å². The molecule has 53 heavy (non-hydrogen) atoms. The van der Waals surface area contributed by atoms with Crippen LogP contribution in [-0.4, -0.2) is 145 Å². The molecule has 0 aromatic carbocycles. The second-order valence-electron chi connectivity index (χ2n) is 17.0. The number of hydrogen-bond acceptors (Lipinski definition) is 13. The van der Waals surface area contributed by atoms with Gasteiger partial charge in [0.25, 0.3) is 0 Å². The lowest BCUT2D eigenvalue weighted by Gasteiger charge is -2.49. The highest BCUT2D eigenvalue weighted by Gasteiger charge is 2.52. The molecule has 3 heterocycles. The average Bonchev–Trinajstić information content (AvgIpc) is 3.05. The zero-order chi connectivity index (χ0) is 40.2. The van der Waals surface area contributed by atoms with Gasteiger partial charge >= 0.3 is 11.9 Å². The van der Waals surface area contributed by atoms with Crippen LogP contribution in [0.25, 0.3) is 0 Å². The average molecular weight is 757 g/mol. The van der Waals surface area contributed by atoms with Gasteiger partial charge in [0.1, 0.15) is 17.8 Å². The predicted molar refractivity (Wildman–Crippen MR) is 201 cm³/mol. The fraction of sp³-hybridized carbons (Fsp3) is 0.900. The van der Waals surface area contributed by atoms with E-state index in [9.17, 15) is 19.8 Å². The normalized spacial score (nSPS) is 45.4. The molecule has 0 bridgehead atoms. The van der Waals surface area contributed by atoms with Crippen LogP contribution < -0.4 is 0 Å². The van der Waals surface area contributed by atoms with Gasteiger partial charge in [-0.2, -0.15) is 0 Å². The van der Waals surface area contributed by atoms with Crippen LogP contribution in [0.5, 0.6) is 0 Å². The number of ether oxygens (including phenoxy) is 7. The number of esters is 2. The third kappa shape index (κ3) is 11.4. The summed E-state index contributed by atoms with van der Waals surface area (Å²) in [4.78, 5) is 30.4. The molecule has 0 aromatic heterocycles. The molecule has 0 unspecified atom stereocenters. The molecular weight excluding hydrogens is 684 g/mol. The Morgan fingerprint density at radius 3 is 2.26 bits per heavy atom. The minimum Gasteiger partial charge on any atom is -0.458 e. The predicted octanol–water partition coefficient (Wildman–Crippen LogP) is 4.31. The molecule has 16 atom stereocenters. The van der Waals surface area contributed by atoms with E-state index in [4.69, 9.17) is 33.2 Å². The second-order valence-corrected chi connectivity index (χ2v) is 17.0. The molecule has 0 aromatic rings. The van der Waals surface area contributed by atoms with Gasteiger partial charge in [-0.15, -0.1) is 0 Å². The minimum absolute atomic E-state index is 0.0278. The van der Waals surface area contributed by atoms with Crippen molar-refractivity contribution >= 4 is 11.9 Å². The number of rotatable bonds is 8. The van der Waals surface area contributed by atoms with Crippen LogP contribution in [0.2, 0.25) is 0 Å². The molecule has 0 amide bonds. The number of aliphatic hydroxyl groups is 2. The summed E-state index contributed by atoms with van der Waals surface area (Å²) < 4.78 is 44.0. The second kappa shape index (κ2) is 19.0. The van der Waals surface area contributed by atoms with Crippen LogP contribution in [0.15, 0.2) is 11.6 Å². The molecule has 3 aliphatic rings. The molecule has 13 heteroatoms. The smallest absolute Gasteiger partial charge is 0.311 e. The first kappa shape index (κ1) is 45.7. The first-order valence-electron chi connectivity index (χ1n) is 19.5. The largest absolute Gasteiger partial charge is 0.458 e. The van der Waals surface area contributed by atoms with E-state index in [1.807, 2.05) is 60.7 Å². The fourth-order valence-corrected chi connectivity index (χ4v) is 8.70. The Bertz CT molecular complexity index is 1230. The maximum Gasteiger partial charge on any atom is 0.311 e. The number of carbonyl (C=O) groups excluding carboxylic acids is 2. The molecule has 0 aliphatic carbocycles. The van der Waals surface area contributed by atoms with Crippen LogP contribution >= 0.6 is 0 Å². The number of hydrogen-bond donors (Lipinski definition) is 2. The number of carbonyl (C=O) groups is 2. The van der Waals surface area contributed by atoms with E-state index in [-0.39, 0.29) is 30.5 Å².